The average molecular weight is 314 g/mol. The highest BCUT2D eigenvalue weighted by Crippen LogP contribution is 2.19. The van der Waals surface area contributed by atoms with Gasteiger partial charge in [0.1, 0.15) is 17.1 Å². The van der Waals surface area contributed by atoms with E-state index in [-0.39, 0.29) is 5.82 Å². The number of nitrogens with zero attached hydrogens (tertiary/aromatic N) is 3. The Hall–Kier alpha value is -1.27. The van der Waals surface area contributed by atoms with Crippen molar-refractivity contribution in [1.82, 2.24) is 15.0 Å². The van der Waals surface area contributed by atoms with E-state index in [1.165, 1.54) is 6.07 Å². The van der Waals surface area contributed by atoms with E-state index in [9.17, 15) is 9.50 Å². The highest BCUT2D eigenvalue weighted by Gasteiger charge is 2.20. The van der Waals surface area contributed by atoms with Gasteiger partial charge in [-0.2, -0.15) is 0 Å². The fraction of sp³-hybridized carbons (Fsp3) is 0.333. The Morgan fingerprint density at radius 1 is 1.44 bits per heavy atom. The molecule has 2 aromatic rings. The van der Waals surface area contributed by atoms with Crippen molar-refractivity contribution in [1.29, 1.82) is 0 Å². The van der Waals surface area contributed by atoms with Crippen molar-refractivity contribution in [2.24, 2.45) is 0 Å². The second-order valence-electron chi connectivity index (χ2n) is 4.61. The third-order valence-electron chi connectivity index (χ3n) is 2.49. The van der Waals surface area contributed by atoms with Crippen LogP contribution in [0.4, 0.5) is 4.39 Å². The van der Waals surface area contributed by atoms with Gasteiger partial charge >= 0.3 is 0 Å². The summed E-state index contributed by atoms with van der Waals surface area (Å²) in [5.74, 6) is -0.297. The maximum atomic E-state index is 13.1. The second kappa shape index (κ2) is 4.78. The molecule has 0 saturated carbocycles. The predicted molar refractivity (Wildman–Crippen MR) is 68.5 cm³/mol. The minimum absolute atomic E-state index is 0.297. The number of aliphatic hydroxyl groups is 1. The van der Waals surface area contributed by atoms with Crippen molar-refractivity contribution in [2.75, 3.05) is 0 Å². The molecule has 6 heteroatoms. The summed E-state index contributed by atoms with van der Waals surface area (Å²) in [5, 5.41) is 17.6. The number of benzene rings is 1. The maximum absolute atomic E-state index is 13.1. The Labute approximate surface area is 113 Å². The number of rotatable bonds is 3. The van der Waals surface area contributed by atoms with Gasteiger partial charge in [-0.25, -0.2) is 9.07 Å². The first-order valence-electron chi connectivity index (χ1n) is 5.43. The SMILES string of the molecule is CC(C)(O)c1cn(Cc2ccc(F)c(Br)c2)nn1. The predicted octanol–water partition coefficient (Wildman–Crippen LogP) is 2.46. The van der Waals surface area contributed by atoms with Gasteiger partial charge in [0, 0.05) is 0 Å². The van der Waals surface area contributed by atoms with Crippen molar-refractivity contribution in [3.8, 4) is 0 Å². The Morgan fingerprint density at radius 3 is 2.72 bits per heavy atom. The van der Waals surface area contributed by atoms with Gasteiger partial charge < -0.3 is 5.11 Å². The number of aromatic nitrogens is 3. The van der Waals surface area contributed by atoms with Crippen LogP contribution in [0, 0.1) is 5.82 Å². The molecule has 0 spiro atoms. The molecule has 1 heterocycles. The van der Waals surface area contributed by atoms with Crippen LogP contribution in [-0.2, 0) is 12.1 Å². The molecule has 0 atom stereocenters. The lowest BCUT2D eigenvalue weighted by atomic mass is 10.1. The summed E-state index contributed by atoms with van der Waals surface area (Å²) in [6.07, 6.45) is 1.68. The normalized spacial score (nSPS) is 11.8. The molecular formula is C12H13BrFN3O. The quantitative estimate of drug-likeness (QED) is 0.947. The summed E-state index contributed by atoms with van der Waals surface area (Å²) in [4.78, 5) is 0. The molecule has 18 heavy (non-hydrogen) atoms. The van der Waals surface area contributed by atoms with Crippen LogP contribution in [0.25, 0.3) is 0 Å². The van der Waals surface area contributed by atoms with Crippen molar-refractivity contribution >= 4 is 15.9 Å². The number of hydrogen-bond donors (Lipinski definition) is 1. The van der Waals surface area contributed by atoms with Crippen molar-refractivity contribution in [2.45, 2.75) is 26.0 Å². The summed E-state index contributed by atoms with van der Waals surface area (Å²) in [6, 6.07) is 4.78. The van der Waals surface area contributed by atoms with E-state index in [1.54, 1.807) is 36.9 Å². The van der Waals surface area contributed by atoms with E-state index in [0.717, 1.165) is 5.56 Å². The molecule has 0 fully saturated rings. The van der Waals surface area contributed by atoms with Gasteiger partial charge in [0.05, 0.1) is 17.2 Å². The zero-order valence-electron chi connectivity index (χ0n) is 10.1. The Balaban J connectivity index is 2.19. The highest BCUT2D eigenvalue weighted by atomic mass is 79.9. The first-order valence-corrected chi connectivity index (χ1v) is 6.22. The molecule has 1 N–H and O–H groups in total. The summed E-state index contributed by atoms with van der Waals surface area (Å²) in [5.41, 5.74) is 0.390. The fourth-order valence-corrected chi connectivity index (χ4v) is 1.91. The van der Waals surface area contributed by atoms with Crippen LogP contribution in [-0.4, -0.2) is 20.1 Å². The van der Waals surface area contributed by atoms with Crippen LogP contribution >= 0.6 is 15.9 Å². The van der Waals surface area contributed by atoms with E-state index in [1.807, 2.05) is 0 Å². The Bertz CT molecular complexity index is 563. The van der Waals surface area contributed by atoms with Gasteiger partial charge in [0.25, 0.3) is 0 Å². The number of halogens is 2. The van der Waals surface area contributed by atoms with Gasteiger partial charge in [-0.3, -0.25) is 0 Å². The molecule has 1 aromatic carbocycles. The molecule has 0 aliphatic carbocycles. The molecule has 0 bridgehead atoms. The molecule has 0 saturated heterocycles. The molecule has 0 unspecified atom stereocenters. The molecule has 4 nitrogen and oxygen atoms in total. The van der Waals surface area contributed by atoms with E-state index in [0.29, 0.717) is 16.7 Å². The molecule has 96 valence electrons. The summed E-state index contributed by atoms with van der Waals surface area (Å²) < 4.78 is 15.1. The van der Waals surface area contributed by atoms with Crippen LogP contribution in [0.3, 0.4) is 0 Å². The van der Waals surface area contributed by atoms with E-state index in [4.69, 9.17) is 0 Å². The van der Waals surface area contributed by atoms with E-state index < -0.39 is 5.60 Å². The molecule has 0 aliphatic rings. The zero-order chi connectivity index (χ0) is 13.3. The summed E-state index contributed by atoms with van der Waals surface area (Å²) in [6.45, 7) is 3.77. The van der Waals surface area contributed by atoms with Crippen LogP contribution in [0.5, 0.6) is 0 Å². The maximum Gasteiger partial charge on any atom is 0.137 e. The minimum atomic E-state index is -1.01. The third-order valence-corrected chi connectivity index (χ3v) is 3.10. The summed E-state index contributed by atoms with van der Waals surface area (Å²) in [7, 11) is 0. The average Bonchev–Trinajstić information content (AvgIpc) is 2.72. The van der Waals surface area contributed by atoms with Crippen LogP contribution < -0.4 is 0 Å². The topological polar surface area (TPSA) is 50.9 Å². The van der Waals surface area contributed by atoms with Gasteiger partial charge in [-0.15, -0.1) is 5.10 Å². The van der Waals surface area contributed by atoms with Crippen molar-refractivity contribution < 1.29 is 9.50 Å². The molecule has 0 radical (unpaired) electrons. The smallest absolute Gasteiger partial charge is 0.137 e. The number of hydrogen-bond acceptors (Lipinski definition) is 3. The molecular weight excluding hydrogens is 301 g/mol. The first-order chi connectivity index (χ1) is 8.36. The second-order valence-corrected chi connectivity index (χ2v) is 5.46. The Morgan fingerprint density at radius 2 is 2.17 bits per heavy atom. The first kappa shape index (κ1) is 13.2. The van der Waals surface area contributed by atoms with Gasteiger partial charge in [-0.05, 0) is 47.5 Å². The van der Waals surface area contributed by atoms with E-state index in [2.05, 4.69) is 26.2 Å². The molecule has 2 rings (SSSR count). The fourth-order valence-electron chi connectivity index (χ4n) is 1.48. The largest absolute Gasteiger partial charge is 0.384 e. The zero-order valence-corrected chi connectivity index (χ0v) is 11.6. The van der Waals surface area contributed by atoms with Crippen molar-refractivity contribution in [3.05, 3.63) is 45.9 Å². The van der Waals surface area contributed by atoms with Gasteiger partial charge in [-0.1, -0.05) is 11.3 Å². The van der Waals surface area contributed by atoms with Gasteiger partial charge in [0.15, 0.2) is 0 Å². The monoisotopic (exact) mass is 313 g/mol. The van der Waals surface area contributed by atoms with Crippen LogP contribution in [0.15, 0.2) is 28.9 Å². The molecule has 0 aliphatic heterocycles. The summed E-state index contributed by atoms with van der Waals surface area (Å²) >= 11 is 3.14. The highest BCUT2D eigenvalue weighted by molar-refractivity contribution is 9.10. The van der Waals surface area contributed by atoms with E-state index >= 15 is 0 Å². The van der Waals surface area contributed by atoms with Crippen LogP contribution in [0.1, 0.15) is 25.1 Å². The third kappa shape index (κ3) is 2.94. The lowest BCUT2D eigenvalue weighted by Gasteiger charge is -2.11. The van der Waals surface area contributed by atoms with Crippen LogP contribution in [0.2, 0.25) is 0 Å². The van der Waals surface area contributed by atoms with Gasteiger partial charge in [0.2, 0.25) is 0 Å². The Kier molecular flexibility index (Phi) is 3.49. The van der Waals surface area contributed by atoms with Crippen molar-refractivity contribution in [3.63, 3.8) is 0 Å². The lowest BCUT2D eigenvalue weighted by molar-refractivity contribution is 0.0737. The standard InChI is InChI=1S/C12H13BrFN3O/c1-12(2,18)11-7-17(16-15-11)6-8-3-4-10(14)9(13)5-8/h3-5,7,18H,6H2,1-2H3. The molecule has 1 aromatic heterocycles. The lowest BCUT2D eigenvalue weighted by Crippen LogP contribution is -2.15. The minimum Gasteiger partial charge on any atom is -0.384 e. The molecule has 0 amide bonds.